The average Bonchev–Trinajstić information content (AvgIpc) is 2.05. The molecule has 0 spiro atoms. The summed E-state index contributed by atoms with van der Waals surface area (Å²) in [7, 11) is 0. The molecule has 1 heterocycles. The van der Waals surface area contributed by atoms with E-state index in [1.807, 2.05) is 6.26 Å². The second kappa shape index (κ2) is 5.59. The van der Waals surface area contributed by atoms with Gasteiger partial charge in [0.25, 0.3) is 0 Å². The first-order valence-electron chi connectivity index (χ1n) is 2.96. The Labute approximate surface area is 96.9 Å². The van der Waals surface area contributed by atoms with Gasteiger partial charge in [-0.2, -0.15) is 0 Å². The van der Waals surface area contributed by atoms with Crippen LogP contribution in [0.25, 0.3) is 0 Å². The molecule has 1 aromatic heterocycles. The quantitative estimate of drug-likeness (QED) is 0.373. The van der Waals surface area contributed by atoms with E-state index in [9.17, 15) is 9.90 Å². The van der Waals surface area contributed by atoms with Gasteiger partial charge in [-0.25, -0.2) is 4.98 Å². The first kappa shape index (κ1) is 12.0. The van der Waals surface area contributed by atoms with E-state index in [-0.39, 0.29) is 35.3 Å². The van der Waals surface area contributed by atoms with Crippen LogP contribution in [0, 0.1) is 0 Å². The summed E-state index contributed by atoms with van der Waals surface area (Å²) in [5.74, 6) is -1.24. The summed E-state index contributed by atoms with van der Waals surface area (Å²) < 4.78 is 0. The van der Waals surface area contributed by atoms with Gasteiger partial charge < -0.3 is 9.90 Å². The topological polar surface area (TPSA) is 53.0 Å². The smallest absolute Gasteiger partial charge is 0.543 e. The zero-order valence-corrected chi connectivity index (χ0v) is 9.72. The van der Waals surface area contributed by atoms with E-state index in [1.165, 1.54) is 17.8 Å². The summed E-state index contributed by atoms with van der Waals surface area (Å²) in [5.41, 5.74) is -0.0168. The molecule has 0 N–H and O–H groups in total. The number of aromatic carboxylic acids is 1. The summed E-state index contributed by atoms with van der Waals surface area (Å²) >= 11 is 1.40. The zero-order valence-electron chi connectivity index (χ0n) is 6.90. The molecule has 0 aromatic carbocycles. The van der Waals surface area contributed by atoms with Crippen LogP contribution >= 0.6 is 11.8 Å². The summed E-state index contributed by atoms with van der Waals surface area (Å²) in [6.45, 7) is 0. The van der Waals surface area contributed by atoms with E-state index in [4.69, 9.17) is 0 Å². The van der Waals surface area contributed by atoms with Gasteiger partial charge in [0.1, 0.15) is 0 Å². The average molecular weight is 191 g/mol. The molecule has 58 valence electrons. The number of pyridine rings is 1. The van der Waals surface area contributed by atoms with Gasteiger partial charge in [-0.05, 0) is 18.4 Å². The molecule has 0 atom stereocenters. The van der Waals surface area contributed by atoms with Gasteiger partial charge in [-0.15, -0.1) is 11.8 Å². The minimum atomic E-state index is -1.24. The molecule has 0 radical (unpaired) electrons. The van der Waals surface area contributed by atoms with E-state index in [0.29, 0.717) is 5.03 Å². The summed E-state index contributed by atoms with van der Waals surface area (Å²) in [6.07, 6.45) is 1.83. The van der Waals surface area contributed by atoms with Crippen molar-refractivity contribution in [3.8, 4) is 0 Å². The molecule has 1 aromatic rings. The van der Waals surface area contributed by atoms with Crippen LogP contribution in [-0.2, 0) is 0 Å². The van der Waals surface area contributed by atoms with Gasteiger partial charge in [-0.3, -0.25) is 0 Å². The molecule has 0 saturated carbocycles. The minimum Gasteiger partial charge on any atom is -0.543 e. The molecule has 0 saturated heterocycles. The van der Waals surface area contributed by atoms with Crippen molar-refractivity contribution >= 4 is 17.7 Å². The Morgan fingerprint density at radius 3 is 2.75 bits per heavy atom. The van der Waals surface area contributed by atoms with E-state index < -0.39 is 5.97 Å². The van der Waals surface area contributed by atoms with Crippen molar-refractivity contribution in [3.05, 3.63) is 23.9 Å². The van der Waals surface area contributed by atoms with E-state index in [0.717, 1.165) is 0 Å². The maximum Gasteiger partial charge on any atom is 1.00 e. The van der Waals surface area contributed by atoms with E-state index >= 15 is 0 Å². The number of thioether (sulfide) groups is 1. The van der Waals surface area contributed by atoms with Crippen LogP contribution in [0.1, 0.15) is 10.5 Å². The molecule has 1 rings (SSSR count). The minimum absolute atomic E-state index is 0. The fourth-order valence-corrected chi connectivity index (χ4v) is 1.05. The first-order chi connectivity index (χ1) is 5.24. The summed E-state index contributed by atoms with van der Waals surface area (Å²) in [4.78, 5) is 14.1. The molecule has 0 aliphatic carbocycles. The number of carboxylic acid groups (broad SMARTS) is 1. The predicted octanol–water partition coefficient (Wildman–Crippen LogP) is -2.83. The number of aromatic nitrogens is 1. The summed E-state index contributed by atoms with van der Waals surface area (Å²) in [5, 5.41) is 11.0. The molecule has 0 aliphatic rings. The van der Waals surface area contributed by atoms with E-state index in [1.54, 1.807) is 12.1 Å². The Kier molecular flexibility index (Phi) is 5.57. The van der Waals surface area contributed by atoms with Crippen LogP contribution in [-0.4, -0.2) is 17.2 Å². The van der Waals surface area contributed by atoms with Crippen LogP contribution in [0.15, 0.2) is 23.2 Å². The molecule has 0 bridgehead atoms. The van der Waals surface area contributed by atoms with Crippen LogP contribution in [0.4, 0.5) is 0 Å². The maximum absolute atomic E-state index is 10.3. The van der Waals surface area contributed by atoms with Crippen LogP contribution in [0.2, 0.25) is 0 Å². The number of hydrogen-bond acceptors (Lipinski definition) is 4. The number of nitrogens with zero attached hydrogens (tertiary/aromatic N) is 1. The Morgan fingerprint density at radius 2 is 2.25 bits per heavy atom. The molecule has 12 heavy (non-hydrogen) atoms. The summed E-state index contributed by atoms with van der Waals surface area (Å²) in [6, 6.07) is 4.80. The fraction of sp³-hybridized carbons (Fsp3) is 0.143. The Balaban J connectivity index is 0.00000121. The normalized spacial score (nSPS) is 8.75. The third-order valence-corrected chi connectivity index (χ3v) is 1.79. The number of carboxylic acids is 1. The molecule has 0 aliphatic heterocycles. The van der Waals surface area contributed by atoms with Crippen molar-refractivity contribution in [1.29, 1.82) is 0 Å². The Hall–Kier alpha value is -0.0300. The first-order valence-corrected chi connectivity index (χ1v) is 4.19. The zero-order chi connectivity index (χ0) is 8.27. The van der Waals surface area contributed by atoms with Crippen molar-refractivity contribution in [2.24, 2.45) is 0 Å². The van der Waals surface area contributed by atoms with Gasteiger partial charge >= 0.3 is 29.6 Å². The number of carbonyl (C=O) groups is 1. The predicted molar refractivity (Wildman–Crippen MR) is 40.3 cm³/mol. The number of hydrogen-bond donors (Lipinski definition) is 0. The van der Waals surface area contributed by atoms with Crippen LogP contribution in [0.3, 0.4) is 0 Å². The van der Waals surface area contributed by atoms with Crippen molar-refractivity contribution in [1.82, 2.24) is 4.98 Å². The maximum atomic E-state index is 10.3. The molecule has 0 amide bonds. The van der Waals surface area contributed by atoms with Crippen molar-refractivity contribution in [3.63, 3.8) is 0 Å². The van der Waals surface area contributed by atoms with Gasteiger partial charge in [-0.1, -0.05) is 6.07 Å². The second-order valence-electron chi connectivity index (χ2n) is 1.85. The van der Waals surface area contributed by atoms with Gasteiger partial charge in [0.15, 0.2) is 0 Å². The fourth-order valence-electron chi connectivity index (χ4n) is 0.642. The van der Waals surface area contributed by atoms with Crippen molar-refractivity contribution in [2.75, 3.05) is 6.26 Å². The van der Waals surface area contributed by atoms with Crippen LogP contribution in [0.5, 0.6) is 0 Å². The van der Waals surface area contributed by atoms with Gasteiger partial charge in [0, 0.05) is 0 Å². The second-order valence-corrected chi connectivity index (χ2v) is 2.68. The third-order valence-electron chi connectivity index (χ3n) is 1.14. The van der Waals surface area contributed by atoms with Gasteiger partial charge in [0.05, 0.1) is 16.7 Å². The monoisotopic (exact) mass is 191 g/mol. The van der Waals surface area contributed by atoms with Gasteiger partial charge in [0.2, 0.25) is 0 Å². The van der Waals surface area contributed by atoms with Crippen LogP contribution < -0.4 is 34.7 Å². The molecule has 5 heteroatoms. The molecule has 3 nitrogen and oxygen atoms in total. The van der Waals surface area contributed by atoms with E-state index in [2.05, 4.69) is 4.98 Å². The standard InChI is InChI=1S/C7H7NO2S.Na/c1-11-6-4-2-3-5(8-6)7(9)10;/h2-4H,1H3,(H,9,10);/q;+1/p-1. The van der Waals surface area contributed by atoms with Crippen molar-refractivity contribution in [2.45, 2.75) is 5.03 Å². The molecule has 0 unspecified atom stereocenters. The number of carbonyl (C=O) groups excluding carboxylic acids is 1. The molecule has 0 fully saturated rings. The van der Waals surface area contributed by atoms with Crippen molar-refractivity contribution < 1.29 is 39.5 Å². The molecular formula is C7H6NNaO2S. The molecular weight excluding hydrogens is 185 g/mol. The Bertz CT molecular complexity index is 280. The SMILES string of the molecule is CSc1cccc(C(=O)[O-])n1.[Na+]. The largest absolute Gasteiger partial charge is 1.00 e. The third kappa shape index (κ3) is 3.15. The Morgan fingerprint density at radius 1 is 1.58 bits per heavy atom. The number of rotatable bonds is 2.